The number of aromatic hydroxyl groups is 1. The number of phenols is 1. The summed E-state index contributed by atoms with van der Waals surface area (Å²) in [5, 5.41) is 19.9. The van der Waals surface area contributed by atoms with Gasteiger partial charge in [0, 0.05) is 6.54 Å². The highest BCUT2D eigenvalue weighted by atomic mass is 16.3. The molecule has 0 bridgehead atoms. The second-order valence-electron chi connectivity index (χ2n) is 7.45. The number of rotatable bonds is 6. The van der Waals surface area contributed by atoms with E-state index in [1.165, 1.54) is 24.8 Å². The molecule has 2 atom stereocenters. The average molecular weight is 339 g/mol. The van der Waals surface area contributed by atoms with Crippen molar-refractivity contribution < 1.29 is 10.2 Å². The van der Waals surface area contributed by atoms with Crippen LogP contribution in [0.15, 0.2) is 54.6 Å². The Morgan fingerprint density at radius 3 is 2.28 bits per heavy atom. The molecule has 0 saturated carbocycles. The van der Waals surface area contributed by atoms with E-state index >= 15 is 0 Å². The highest BCUT2D eigenvalue weighted by Gasteiger charge is 2.24. The van der Waals surface area contributed by atoms with E-state index in [1.54, 1.807) is 12.1 Å². The molecule has 0 spiro atoms. The van der Waals surface area contributed by atoms with Gasteiger partial charge in [0.25, 0.3) is 0 Å². The van der Waals surface area contributed by atoms with E-state index in [2.05, 4.69) is 42.2 Å². The zero-order valence-electron chi connectivity index (χ0n) is 15.0. The van der Waals surface area contributed by atoms with Gasteiger partial charge in [0.15, 0.2) is 0 Å². The van der Waals surface area contributed by atoms with E-state index in [1.807, 2.05) is 12.1 Å². The second kappa shape index (κ2) is 8.50. The number of aliphatic hydroxyl groups is 1. The van der Waals surface area contributed by atoms with E-state index in [0.717, 1.165) is 31.1 Å². The van der Waals surface area contributed by atoms with Crippen molar-refractivity contribution in [2.24, 2.45) is 11.8 Å². The van der Waals surface area contributed by atoms with Gasteiger partial charge in [-0.3, -0.25) is 0 Å². The van der Waals surface area contributed by atoms with Gasteiger partial charge >= 0.3 is 0 Å². The van der Waals surface area contributed by atoms with Crippen LogP contribution in [-0.2, 0) is 6.42 Å². The SMILES string of the molecule is C[C@H](CN1CCC(Cc2ccccc2)CC1)[C@H](O)c1ccc(O)cc1. The standard InChI is InChI=1S/C22H29NO2/c1-17(22(25)20-7-9-21(24)10-8-20)16-23-13-11-19(12-14-23)15-18-5-3-2-4-6-18/h2-10,17,19,22,24-25H,11-16H2,1H3/t17-,22+/m1/s1. The zero-order valence-corrected chi connectivity index (χ0v) is 15.0. The molecule has 1 saturated heterocycles. The Morgan fingerprint density at radius 2 is 1.64 bits per heavy atom. The minimum absolute atomic E-state index is 0.176. The summed E-state index contributed by atoms with van der Waals surface area (Å²) in [5.41, 5.74) is 2.32. The van der Waals surface area contributed by atoms with Crippen LogP contribution in [0.5, 0.6) is 5.75 Å². The fourth-order valence-electron chi connectivity index (χ4n) is 3.83. The van der Waals surface area contributed by atoms with Crippen LogP contribution >= 0.6 is 0 Å². The largest absolute Gasteiger partial charge is 0.508 e. The lowest BCUT2D eigenvalue weighted by Gasteiger charge is -2.34. The number of hydrogen-bond acceptors (Lipinski definition) is 3. The van der Waals surface area contributed by atoms with E-state index in [9.17, 15) is 10.2 Å². The summed E-state index contributed by atoms with van der Waals surface area (Å²) in [4.78, 5) is 2.48. The maximum absolute atomic E-state index is 10.5. The lowest BCUT2D eigenvalue weighted by atomic mass is 9.89. The molecule has 1 heterocycles. The van der Waals surface area contributed by atoms with Crippen LogP contribution in [-0.4, -0.2) is 34.7 Å². The summed E-state index contributed by atoms with van der Waals surface area (Å²) < 4.78 is 0. The van der Waals surface area contributed by atoms with Crippen molar-refractivity contribution >= 4 is 0 Å². The molecule has 2 aromatic carbocycles. The average Bonchev–Trinajstić information content (AvgIpc) is 2.64. The highest BCUT2D eigenvalue weighted by molar-refractivity contribution is 5.27. The lowest BCUT2D eigenvalue weighted by Crippen LogP contribution is -2.38. The number of aliphatic hydroxyl groups excluding tert-OH is 1. The molecule has 3 nitrogen and oxygen atoms in total. The van der Waals surface area contributed by atoms with Gasteiger partial charge in [-0.1, -0.05) is 49.4 Å². The zero-order chi connectivity index (χ0) is 17.6. The Balaban J connectivity index is 1.46. The van der Waals surface area contributed by atoms with Gasteiger partial charge in [-0.2, -0.15) is 0 Å². The van der Waals surface area contributed by atoms with Crippen LogP contribution in [0.2, 0.25) is 0 Å². The lowest BCUT2D eigenvalue weighted by molar-refractivity contribution is 0.0752. The number of nitrogens with zero attached hydrogens (tertiary/aromatic N) is 1. The van der Waals surface area contributed by atoms with E-state index in [4.69, 9.17) is 0 Å². The molecule has 3 heteroatoms. The minimum atomic E-state index is -0.484. The molecule has 2 N–H and O–H groups in total. The molecule has 1 aliphatic heterocycles. The van der Waals surface area contributed by atoms with Crippen molar-refractivity contribution in [2.45, 2.75) is 32.3 Å². The summed E-state index contributed by atoms with van der Waals surface area (Å²) in [6.07, 6.45) is 3.16. The number of piperidine rings is 1. The highest BCUT2D eigenvalue weighted by Crippen LogP contribution is 2.27. The van der Waals surface area contributed by atoms with Gasteiger partial charge in [-0.25, -0.2) is 0 Å². The third-order valence-corrected chi connectivity index (χ3v) is 5.39. The van der Waals surface area contributed by atoms with Crippen molar-refractivity contribution in [3.63, 3.8) is 0 Å². The summed E-state index contributed by atoms with van der Waals surface area (Å²) in [7, 11) is 0. The molecule has 0 aliphatic carbocycles. The molecule has 3 rings (SSSR count). The summed E-state index contributed by atoms with van der Waals surface area (Å²) in [6.45, 7) is 5.25. The Morgan fingerprint density at radius 1 is 1.00 bits per heavy atom. The summed E-state index contributed by atoms with van der Waals surface area (Å²) >= 11 is 0. The molecule has 1 aliphatic rings. The van der Waals surface area contributed by atoms with Crippen molar-refractivity contribution in [1.82, 2.24) is 4.90 Å². The molecule has 1 fully saturated rings. The topological polar surface area (TPSA) is 43.7 Å². The van der Waals surface area contributed by atoms with Crippen molar-refractivity contribution in [3.05, 3.63) is 65.7 Å². The summed E-state index contributed by atoms with van der Waals surface area (Å²) in [6, 6.07) is 17.7. The Labute approximate surface area is 150 Å². The van der Waals surface area contributed by atoms with Gasteiger partial charge in [0.1, 0.15) is 5.75 Å². The Kier molecular flexibility index (Phi) is 6.11. The maximum atomic E-state index is 10.5. The van der Waals surface area contributed by atoms with Crippen LogP contribution in [0.1, 0.15) is 37.0 Å². The van der Waals surface area contributed by atoms with Crippen molar-refractivity contribution in [2.75, 3.05) is 19.6 Å². The molecular weight excluding hydrogens is 310 g/mol. The van der Waals surface area contributed by atoms with Gasteiger partial charge in [-0.05, 0) is 67.4 Å². The van der Waals surface area contributed by atoms with Crippen LogP contribution in [0.25, 0.3) is 0 Å². The van der Waals surface area contributed by atoms with Crippen LogP contribution in [0.4, 0.5) is 0 Å². The molecular formula is C22H29NO2. The van der Waals surface area contributed by atoms with Crippen molar-refractivity contribution in [1.29, 1.82) is 0 Å². The van der Waals surface area contributed by atoms with Gasteiger partial charge in [0.2, 0.25) is 0 Å². The normalized spacial score (nSPS) is 18.8. The van der Waals surface area contributed by atoms with Gasteiger partial charge in [0.05, 0.1) is 6.10 Å². The van der Waals surface area contributed by atoms with Crippen LogP contribution in [0.3, 0.4) is 0 Å². The fourth-order valence-corrected chi connectivity index (χ4v) is 3.83. The number of likely N-dealkylation sites (tertiary alicyclic amines) is 1. The quantitative estimate of drug-likeness (QED) is 0.835. The first-order chi connectivity index (χ1) is 12.1. The molecule has 25 heavy (non-hydrogen) atoms. The van der Waals surface area contributed by atoms with E-state index in [0.29, 0.717) is 0 Å². The second-order valence-corrected chi connectivity index (χ2v) is 7.45. The first-order valence-corrected chi connectivity index (χ1v) is 9.35. The number of benzene rings is 2. The Bertz CT molecular complexity index is 633. The molecule has 0 unspecified atom stereocenters. The van der Waals surface area contributed by atoms with Crippen LogP contribution < -0.4 is 0 Å². The van der Waals surface area contributed by atoms with Crippen molar-refractivity contribution in [3.8, 4) is 5.75 Å². The van der Waals surface area contributed by atoms with E-state index in [-0.39, 0.29) is 11.7 Å². The predicted molar refractivity (Wildman–Crippen MR) is 102 cm³/mol. The predicted octanol–water partition coefficient (Wildman–Crippen LogP) is 4.02. The Hall–Kier alpha value is -1.84. The first-order valence-electron chi connectivity index (χ1n) is 9.35. The summed E-state index contributed by atoms with van der Waals surface area (Å²) in [5.74, 6) is 1.19. The van der Waals surface area contributed by atoms with E-state index < -0.39 is 6.10 Å². The molecule has 0 amide bonds. The fraction of sp³-hybridized carbons (Fsp3) is 0.455. The monoisotopic (exact) mass is 339 g/mol. The molecule has 0 radical (unpaired) electrons. The van der Waals surface area contributed by atoms with Gasteiger partial charge < -0.3 is 15.1 Å². The third kappa shape index (κ3) is 5.07. The number of hydrogen-bond donors (Lipinski definition) is 2. The molecule has 0 aromatic heterocycles. The smallest absolute Gasteiger partial charge is 0.115 e. The first kappa shape index (κ1) is 18.0. The maximum Gasteiger partial charge on any atom is 0.115 e. The van der Waals surface area contributed by atoms with Gasteiger partial charge in [-0.15, -0.1) is 0 Å². The number of phenolic OH excluding ortho intramolecular Hbond substituents is 1. The molecule has 2 aromatic rings. The third-order valence-electron chi connectivity index (χ3n) is 5.39. The molecule has 134 valence electrons. The van der Waals surface area contributed by atoms with Crippen LogP contribution in [0, 0.1) is 11.8 Å². The minimum Gasteiger partial charge on any atom is -0.508 e.